The van der Waals surface area contributed by atoms with Crippen molar-refractivity contribution in [1.82, 2.24) is 0 Å². The van der Waals surface area contributed by atoms with Crippen LogP contribution in [-0.2, 0) is 28.7 Å². The van der Waals surface area contributed by atoms with Crippen molar-refractivity contribution in [3.63, 3.8) is 0 Å². The van der Waals surface area contributed by atoms with E-state index in [0.717, 1.165) is 0 Å². The van der Waals surface area contributed by atoms with Crippen molar-refractivity contribution in [1.29, 1.82) is 0 Å². The van der Waals surface area contributed by atoms with Crippen molar-refractivity contribution in [3.8, 4) is 0 Å². The molecule has 0 amide bonds. The molecule has 0 aliphatic carbocycles. The van der Waals surface area contributed by atoms with Crippen LogP contribution in [0.1, 0.15) is 0 Å². The maximum atomic E-state index is 8.67. The summed E-state index contributed by atoms with van der Waals surface area (Å²) in [5.41, 5.74) is 0. The van der Waals surface area contributed by atoms with Crippen molar-refractivity contribution in [2.45, 2.75) is 0 Å². The molecule has 2 N–H and O–H groups in total. The summed E-state index contributed by atoms with van der Waals surface area (Å²) in [4.78, 5) is 0. The summed E-state index contributed by atoms with van der Waals surface area (Å²) in [5, 5.41) is 0. The largest absolute Gasteiger partial charge is 0.299 e. The molecule has 5 heavy (non-hydrogen) atoms. The molecule has 0 radical (unpaired) electrons. The van der Waals surface area contributed by atoms with E-state index >= 15 is 0 Å². The van der Waals surface area contributed by atoms with E-state index < -0.39 is 11.4 Å². The quantitative estimate of drug-likeness (QED) is 0.446. The van der Waals surface area contributed by atoms with E-state index in [1.165, 1.54) is 0 Å². The Morgan fingerprint density at radius 2 is 1.40 bits per heavy atom. The van der Waals surface area contributed by atoms with Crippen LogP contribution >= 0.6 is 0 Å². The molecule has 0 spiro atoms. The summed E-state index contributed by atoms with van der Waals surface area (Å²) in [6, 6.07) is 0. The smallest absolute Gasteiger partial charge is 0.284 e. The molecule has 0 heterocycles. The van der Waals surface area contributed by atoms with Gasteiger partial charge in [-0.05, 0) is 0 Å². The number of hydrogen-bond donors (Lipinski definition) is 2. The Morgan fingerprint density at radius 3 is 1.40 bits per heavy atom. The summed E-state index contributed by atoms with van der Waals surface area (Å²) in [6.45, 7) is 0. The standard InChI is InChI=1S/Cr.H2O3S/c;1-4(2)3/h;(H2,1,2,3). The van der Waals surface area contributed by atoms with Crippen LogP contribution in [0.2, 0.25) is 0 Å². The second-order valence-corrected chi connectivity index (χ2v) is 0.692. The van der Waals surface area contributed by atoms with Gasteiger partial charge in [-0.3, -0.25) is 9.11 Å². The summed E-state index contributed by atoms with van der Waals surface area (Å²) >= 11 is -2.61. The summed E-state index contributed by atoms with van der Waals surface area (Å²) in [7, 11) is 0. The number of hydrogen-bond acceptors (Lipinski definition) is 1. The minimum Gasteiger partial charge on any atom is -0.284 e. The van der Waals surface area contributed by atoms with Gasteiger partial charge >= 0.3 is 0 Å². The molecular formula is H2CrO3S. The molecule has 0 rings (SSSR count). The van der Waals surface area contributed by atoms with Gasteiger partial charge in [0.05, 0.1) is 0 Å². The molecular weight excluding hydrogens is 132 g/mol. The summed E-state index contributed by atoms with van der Waals surface area (Å²) in [5.74, 6) is 0. The van der Waals surface area contributed by atoms with Gasteiger partial charge in [0.1, 0.15) is 0 Å². The monoisotopic (exact) mass is 134 g/mol. The van der Waals surface area contributed by atoms with Gasteiger partial charge in [0.2, 0.25) is 0 Å². The Hall–Kier alpha value is 0.602. The first kappa shape index (κ1) is 9.14. The molecule has 0 saturated heterocycles. The molecule has 0 saturated carbocycles. The maximum absolute atomic E-state index is 8.67. The van der Waals surface area contributed by atoms with Crippen molar-refractivity contribution in [2.75, 3.05) is 0 Å². The Labute approximate surface area is 42.6 Å². The molecule has 5 heteroatoms. The van der Waals surface area contributed by atoms with E-state index in [1.54, 1.807) is 0 Å². The minimum atomic E-state index is -2.61. The van der Waals surface area contributed by atoms with Gasteiger partial charge < -0.3 is 0 Å². The van der Waals surface area contributed by atoms with Crippen molar-refractivity contribution in [3.05, 3.63) is 0 Å². The molecule has 32 valence electrons. The SMILES string of the molecule is O=S(O)O.[Cr]. The minimum absolute atomic E-state index is 0. The summed E-state index contributed by atoms with van der Waals surface area (Å²) in [6.07, 6.45) is 0. The van der Waals surface area contributed by atoms with Gasteiger partial charge in [-0.15, -0.1) is 0 Å². The van der Waals surface area contributed by atoms with Crippen LogP contribution in [0.15, 0.2) is 0 Å². The van der Waals surface area contributed by atoms with Gasteiger partial charge in [0.15, 0.2) is 0 Å². The molecule has 0 aromatic carbocycles. The van der Waals surface area contributed by atoms with E-state index in [0.29, 0.717) is 0 Å². The van der Waals surface area contributed by atoms with E-state index in [9.17, 15) is 0 Å². The Kier molecular flexibility index (Phi) is 8.42. The van der Waals surface area contributed by atoms with E-state index in [2.05, 4.69) is 0 Å². The molecule has 0 aromatic heterocycles. The first-order valence-electron chi connectivity index (χ1n) is 0.532. The van der Waals surface area contributed by atoms with Crippen molar-refractivity contribution >= 4 is 11.4 Å². The third-order valence-corrected chi connectivity index (χ3v) is 0. The van der Waals surface area contributed by atoms with Crippen LogP contribution in [0.25, 0.3) is 0 Å². The van der Waals surface area contributed by atoms with Crippen LogP contribution in [0, 0.1) is 0 Å². The topological polar surface area (TPSA) is 57.5 Å². The predicted octanol–water partition coefficient (Wildman–Crippen LogP) is -0.321. The fourth-order valence-electron chi connectivity index (χ4n) is 0. The zero-order chi connectivity index (χ0) is 3.58. The Bertz CT molecular complexity index is 29.9. The number of rotatable bonds is 0. The molecule has 0 aliphatic heterocycles. The Balaban J connectivity index is 0. The van der Waals surface area contributed by atoms with Gasteiger partial charge in [0.25, 0.3) is 11.4 Å². The van der Waals surface area contributed by atoms with Crippen molar-refractivity contribution in [2.24, 2.45) is 0 Å². The second-order valence-electron chi connectivity index (χ2n) is 0.231. The summed E-state index contributed by atoms with van der Waals surface area (Å²) < 4.78 is 22.8. The van der Waals surface area contributed by atoms with Gasteiger partial charge in [-0.1, -0.05) is 0 Å². The first-order chi connectivity index (χ1) is 1.73. The van der Waals surface area contributed by atoms with Crippen LogP contribution in [0.3, 0.4) is 0 Å². The second kappa shape index (κ2) is 4.60. The molecule has 0 bridgehead atoms. The van der Waals surface area contributed by atoms with Gasteiger partial charge in [0, 0.05) is 17.4 Å². The third kappa shape index (κ3) is 85.9. The molecule has 0 aliphatic rings. The zero-order valence-corrected chi connectivity index (χ0v) is 4.21. The van der Waals surface area contributed by atoms with Crippen LogP contribution in [0.4, 0.5) is 0 Å². The van der Waals surface area contributed by atoms with Crippen LogP contribution in [-0.4, -0.2) is 13.3 Å². The molecule has 0 atom stereocenters. The molecule has 0 unspecified atom stereocenters. The Morgan fingerprint density at radius 1 is 1.40 bits per heavy atom. The zero-order valence-electron chi connectivity index (χ0n) is 2.12. The van der Waals surface area contributed by atoms with Crippen LogP contribution < -0.4 is 0 Å². The van der Waals surface area contributed by atoms with E-state index in [4.69, 9.17) is 13.3 Å². The average Bonchev–Trinajstić information content (AvgIpc) is 0.811. The maximum Gasteiger partial charge on any atom is 0.299 e. The fraction of sp³-hybridized carbons (Fsp3) is 0. The average molecular weight is 134 g/mol. The first-order valence-corrected chi connectivity index (χ1v) is 1.60. The predicted molar refractivity (Wildman–Crippen MR) is 13.4 cm³/mol. The molecule has 0 fully saturated rings. The molecule has 3 nitrogen and oxygen atoms in total. The van der Waals surface area contributed by atoms with E-state index in [1.807, 2.05) is 0 Å². The van der Waals surface area contributed by atoms with E-state index in [-0.39, 0.29) is 17.4 Å². The normalized spacial score (nSPS) is 7.00. The van der Waals surface area contributed by atoms with Gasteiger partial charge in [-0.2, -0.15) is 4.21 Å². The molecule has 0 aromatic rings. The van der Waals surface area contributed by atoms with Crippen molar-refractivity contribution < 1.29 is 30.7 Å². The third-order valence-electron chi connectivity index (χ3n) is 0. The van der Waals surface area contributed by atoms with Crippen LogP contribution in [0.5, 0.6) is 0 Å². The fourth-order valence-corrected chi connectivity index (χ4v) is 0. The van der Waals surface area contributed by atoms with Gasteiger partial charge in [-0.25, -0.2) is 0 Å².